The van der Waals surface area contributed by atoms with Crippen LogP contribution in [0.15, 0.2) is 11.1 Å². The summed E-state index contributed by atoms with van der Waals surface area (Å²) >= 11 is 1.02. The number of hydrogen-bond donors (Lipinski definition) is 2. The summed E-state index contributed by atoms with van der Waals surface area (Å²) in [7, 11) is 0. The summed E-state index contributed by atoms with van der Waals surface area (Å²) in [5, 5.41) is 9.36. The fourth-order valence-electron chi connectivity index (χ4n) is 1.66. The molecule has 0 aliphatic rings. The Balaban J connectivity index is 2.77. The van der Waals surface area contributed by atoms with Crippen LogP contribution < -0.4 is 11.3 Å². The standard InChI is InChI=1S/C10H11N3O3S/c1-5-6-8(17-7(5)10(15)16)12-4-13(3-2-11)9(6)14/h4H,2-3,11H2,1H3,(H,15,16). The van der Waals surface area contributed by atoms with Gasteiger partial charge in [0.2, 0.25) is 0 Å². The third kappa shape index (κ3) is 1.83. The molecule has 2 aromatic heterocycles. The van der Waals surface area contributed by atoms with Crippen LogP contribution in [0.3, 0.4) is 0 Å². The second-order valence-electron chi connectivity index (χ2n) is 3.57. The Hall–Kier alpha value is -1.73. The minimum Gasteiger partial charge on any atom is -0.477 e. The highest BCUT2D eigenvalue weighted by Crippen LogP contribution is 2.26. The Morgan fingerprint density at radius 2 is 2.35 bits per heavy atom. The molecule has 17 heavy (non-hydrogen) atoms. The van der Waals surface area contributed by atoms with Crippen LogP contribution in [0.4, 0.5) is 0 Å². The van der Waals surface area contributed by atoms with Crippen molar-refractivity contribution in [3.63, 3.8) is 0 Å². The molecule has 0 saturated carbocycles. The van der Waals surface area contributed by atoms with Gasteiger partial charge < -0.3 is 10.8 Å². The summed E-state index contributed by atoms with van der Waals surface area (Å²) in [6, 6.07) is 0. The number of carbonyl (C=O) groups is 1. The van der Waals surface area contributed by atoms with Gasteiger partial charge >= 0.3 is 5.97 Å². The van der Waals surface area contributed by atoms with E-state index < -0.39 is 5.97 Å². The van der Waals surface area contributed by atoms with Crippen LogP contribution in [-0.2, 0) is 6.54 Å². The van der Waals surface area contributed by atoms with Crippen LogP contribution in [0, 0.1) is 6.92 Å². The molecule has 6 nitrogen and oxygen atoms in total. The van der Waals surface area contributed by atoms with Crippen molar-refractivity contribution in [2.75, 3.05) is 6.54 Å². The molecule has 0 atom stereocenters. The van der Waals surface area contributed by atoms with Crippen LogP contribution in [-0.4, -0.2) is 27.2 Å². The molecule has 0 radical (unpaired) electrons. The molecule has 2 heterocycles. The van der Waals surface area contributed by atoms with Crippen LogP contribution in [0.25, 0.3) is 10.2 Å². The first-order chi connectivity index (χ1) is 8.06. The fraction of sp³-hybridized carbons (Fsp3) is 0.300. The van der Waals surface area contributed by atoms with Gasteiger partial charge in [-0.05, 0) is 12.5 Å². The van der Waals surface area contributed by atoms with Crippen molar-refractivity contribution in [1.29, 1.82) is 0 Å². The van der Waals surface area contributed by atoms with E-state index in [9.17, 15) is 9.59 Å². The molecule has 3 N–H and O–H groups in total. The number of fused-ring (bicyclic) bond motifs is 1. The maximum atomic E-state index is 12.1. The van der Waals surface area contributed by atoms with Crippen LogP contribution >= 0.6 is 11.3 Å². The molecule has 0 amide bonds. The van der Waals surface area contributed by atoms with Gasteiger partial charge in [0.1, 0.15) is 9.71 Å². The van der Waals surface area contributed by atoms with Gasteiger partial charge in [0, 0.05) is 13.1 Å². The number of aromatic nitrogens is 2. The minimum atomic E-state index is -1.03. The smallest absolute Gasteiger partial charge is 0.346 e. The number of carboxylic acid groups (broad SMARTS) is 1. The lowest BCUT2D eigenvalue weighted by atomic mass is 10.2. The summed E-state index contributed by atoms with van der Waals surface area (Å²) in [6.45, 7) is 2.33. The van der Waals surface area contributed by atoms with Gasteiger partial charge in [-0.3, -0.25) is 9.36 Å². The number of thiophene rings is 1. The van der Waals surface area contributed by atoms with E-state index in [0.29, 0.717) is 28.9 Å². The van der Waals surface area contributed by atoms with E-state index in [-0.39, 0.29) is 10.4 Å². The molecule has 0 fully saturated rings. The molecule has 0 spiro atoms. The second-order valence-corrected chi connectivity index (χ2v) is 4.57. The molecule has 0 aromatic carbocycles. The van der Waals surface area contributed by atoms with Gasteiger partial charge in [0.15, 0.2) is 0 Å². The number of nitrogens with zero attached hydrogens (tertiary/aromatic N) is 2. The van der Waals surface area contributed by atoms with Crippen molar-refractivity contribution >= 4 is 27.5 Å². The van der Waals surface area contributed by atoms with Crippen LogP contribution in [0.5, 0.6) is 0 Å². The highest BCUT2D eigenvalue weighted by atomic mass is 32.1. The number of carboxylic acids is 1. The van der Waals surface area contributed by atoms with E-state index in [0.717, 1.165) is 11.3 Å². The molecule has 7 heteroatoms. The SMILES string of the molecule is Cc1c(C(=O)O)sc2ncn(CCN)c(=O)c12. The molecule has 2 rings (SSSR count). The van der Waals surface area contributed by atoms with Gasteiger partial charge in [-0.1, -0.05) is 0 Å². The Bertz CT molecular complexity index is 644. The highest BCUT2D eigenvalue weighted by Gasteiger charge is 2.18. The van der Waals surface area contributed by atoms with Gasteiger partial charge in [0.25, 0.3) is 5.56 Å². The molecule has 0 bridgehead atoms. The highest BCUT2D eigenvalue weighted by molar-refractivity contribution is 7.20. The summed E-state index contributed by atoms with van der Waals surface area (Å²) in [5.74, 6) is -1.03. The number of aryl methyl sites for hydroxylation is 1. The number of nitrogens with two attached hydrogens (primary N) is 1. The normalized spacial score (nSPS) is 10.9. The van der Waals surface area contributed by atoms with Crippen molar-refractivity contribution in [3.8, 4) is 0 Å². The largest absolute Gasteiger partial charge is 0.477 e. The van der Waals surface area contributed by atoms with Gasteiger partial charge in [-0.15, -0.1) is 11.3 Å². The summed E-state index contributed by atoms with van der Waals surface area (Å²) < 4.78 is 1.40. The van der Waals surface area contributed by atoms with E-state index in [1.54, 1.807) is 6.92 Å². The molecule has 0 unspecified atom stereocenters. The zero-order valence-electron chi connectivity index (χ0n) is 9.14. The number of rotatable bonds is 3. The first-order valence-electron chi connectivity index (χ1n) is 4.98. The molecular formula is C10H11N3O3S. The summed E-state index contributed by atoms with van der Waals surface area (Å²) in [4.78, 5) is 27.7. The molecule has 2 aromatic rings. The van der Waals surface area contributed by atoms with Crippen LogP contribution in [0.2, 0.25) is 0 Å². The van der Waals surface area contributed by atoms with E-state index in [1.807, 2.05) is 0 Å². The monoisotopic (exact) mass is 253 g/mol. The summed E-state index contributed by atoms with van der Waals surface area (Å²) in [5.41, 5.74) is 5.62. The molecule has 90 valence electrons. The van der Waals surface area contributed by atoms with E-state index >= 15 is 0 Å². The average Bonchev–Trinajstić information content (AvgIpc) is 2.61. The minimum absolute atomic E-state index is 0.162. The number of aromatic carboxylic acids is 1. The van der Waals surface area contributed by atoms with E-state index in [1.165, 1.54) is 10.9 Å². The molecular weight excluding hydrogens is 242 g/mol. The molecule has 0 saturated heterocycles. The quantitative estimate of drug-likeness (QED) is 0.826. The Morgan fingerprint density at radius 3 is 2.94 bits per heavy atom. The van der Waals surface area contributed by atoms with Crippen LogP contribution in [0.1, 0.15) is 15.2 Å². The lowest BCUT2D eigenvalue weighted by molar-refractivity contribution is 0.0701. The third-order valence-electron chi connectivity index (χ3n) is 2.48. The predicted molar refractivity (Wildman–Crippen MR) is 64.6 cm³/mol. The zero-order valence-corrected chi connectivity index (χ0v) is 9.95. The third-order valence-corrected chi connectivity index (χ3v) is 3.67. The fourth-order valence-corrected chi connectivity index (χ4v) is 2.64. The Labute approximate surface area is 100 Å². The maximum absolute atomic E-state index is 12.1. The van der Waals surface area contributed by atoms with Crippen molar-refractivity contribution in [1.82, 2.24) is 9.55 Å². The first-order valence-corrected chi connectivity index (χ1v) is 5.79. The zero-order chi connectivity index (χ0) is 12.6. The van der Waals surface area contributed by atoms with Gasteiger partial charge in [-0.2, -0.15) is 0 Å². The average molecular weight is 253 g/mol. The lowest BCUT2D eigenvalue weighted by Crippen LogP contribution is -2.24. The van der Waals surface area contributed by atoms with Crippen molar-refractivity contribution in [3.05, 3.63) is 27.1 Å². The first kappa shape index (κ1) is 11.7. The van der Waals surface area contributed by atoms with Crippen molar-refractivity contribution in [2.24, 2.45) is 5.73 Å². The predicted octanol–water partition coefficient (Wildman–Crippen LogP) is 0.423. The van der Waals surface area contributed by atoms with E-state index in [4.69, 9.17) is 10.8 Å². The Morgan fingerprint density at radius 1 is 1.65 bits per heavy atom. The van der Waals surface area contributed by atoms with E-state index in [2.05, 4.69) is 4.98 Å². The number of hydrogen-bond acceptors (Lipinski definition) is 5. The topological polar surface area (TPSA) is 98.2 Å². The van der Waals surface area contributed by atoms with Crippen molar-refractivity contribution < 1.29 is 9.90 Å². The molecule has 0 aliphatic heterocycles. The second kappa shape index (κ2) is 4.27. The van der Waals surface area contributed by atoms with Gasteiger partial charge in [-0.25, -0.2) is 9.78 Å². The lowest BCUT2D eigenvalue weighted by Gasteiger charge is -2.02. The molecule has 0 aliphatic carbocycles. The maximum Gasteiger partial charge on any atom is 0.346 e. The van der Waals surface area contributed by atoms with Gasteiger partial charge in [0.05, 0.1) is 11.7 Å². The Kier molecular flexibility index (Phi) is 2.95. The summed E-state index contributed by atoms with van der Waals surface area (Å²) in [6.07, 6.45) is 1.40. The van der Waals surface area contributed by atoms with Crippen molar-refractivity contribution in [2.45, 2.75) is 13.5 Å².